The maximum atomic E-state index is 15.1. The maximum absolute atomic E-state index is 15.1. The zero-order valence-corrected chi connectivity index (χ0v) is 21.2. The van der Waals surface area contributed by atoms with Crippen LogP contribution in [0, 0.1) is 23.5 Å². The molecular formula is C24H26F5NO4S2. The summed E-state index contributed by atoms with van der Waals surface area (Å²) in [5.74, 6) is -2.61. The summed E-state index contributed by atoms with van der Waals surface area (Å²) in [5, 5.41) is -0.805. The largest absolute Gasteiger partial charge is 0.416 e. The smallest absolute Gasteiger partial charge is 0.223 e. The van der Waals surface area contributed by atoms with E-state index in [1.54, 1.807) is 13.8 Å². The molecule has 1 aliphatic heterocycles. The zero-order chi connectivity index (χ0) is 26.7. The first-order valence-corrected chi connectivity index (χ1v) is 14.5. The molecule has 0 aromatic heterocycles. The van der Waals surface area contributed by atoms with Crippen molar-refractivity contribution in [1.29, 1.82) is 0 Å². The van der Waals surface area contributed by atoms with Gasteiger partial charge in [-0.3, -0.25) is 0 Å². The number of sulfone groups is 1. The first-order chi connectivity index (χ1) is 16.6. The lowest BCUT2D eigenvalue weighted by Gasteiger charge is -2.48. The number of alkyl halides is 3. The van der Waals surface area contributed by atoms with E-state index in [1.807, 2.05) is 0 Å². The molecular weight excluding hydrogens is 525 g/mol. The Bertz CT molecular complexity index is 1360. The molecule has 1 N–H and O–H groups in total. The summed E-state index contributed by atoms with van der Waals surface area (Å²) in [4.78, 5) is -0.450. The average molecular weight is 552 g/mol. The van der Waals surface area contributed by atoms with Crippen LogP contribution in [0.5, 0.6) is 0 Å². The Kier molecular flexibility index (Phi) is 6.79. The third-order valence-corrected chi connectivity index (χ3v) is 12.1. The quantitative estimate of drug-likeness (QED) is 0.532. The topological polar surface area (TPSA) is 80.3 Å². The van der Waals surface area contributed by atoms with Crippen molar-refractivity contribution in [2.24, 2.45) is 11.8 Å². The van der Waals surface area contributed by atoms with Crippen LogP contribution in [-0.2, 0) is 30.8 Å². The molecule has 0 radical (unpaired) electrons. The van der Waals surface area contributed by atoms with Gasteiger partial charge in [-0.05, 0) is 80.0 Å². The Labute approximate surface area is 207 Å². The van der Waals surface area contributed by atoms with Gasteiger partial charge in [0, 0.05) is 11.6 Å². The summed E-state index contributed by atoms with van der Waals surface area (Å²) < 4.78 is 123. The van der Waals surface area contributed by atoms with Crippen molar-refractivity contribution >= 4 is 19.9 Å². The Balaban J connectivity index is 1.85. The van der Waals surface area contributed by atoms with Crippen LogP contribution in [0.15, 0.2) is 47.4 Å². The molecule has 1 heterocycles. The van der Waals surface area contributed by atoms with Crippen LogP contribution in [0.3, 0.4) is 0 Å². The van der Waals surface area contributed by atoms with Gasteiger partial charge in [-0.15, -0.1) is 0 Å². The fraction of sp³-hybridized carbons (Fsp3) is 0.500. The predicted molar refractivity (Wildman–Crippen MR) is 123 cm³/mol. The fourth-order valence-corrected chi connectivity index (χ4v) is 9.91. The molecule has 1 aliphatic carbocycles. The number of hydrogen-bond acceptors (Lipinski definition) is 4. The number of nitrogens with one attached hydrogen (secondary N) is 1. The molecule has 2 aromatic carbocycles. The van der Waals surface area contributed by atoms with E-state index in [1.165, 1.54) is 0 Å². The molecule has 12 heteroatoms. The Morgan fingerprint density at radius 2 is 1.69 bits per heavy atom. The molecule has 198 valence electrons. The van der Waals surface area contributed by atoms with Crippen LogP contribution in [0.1, 0.15) is 50.7 Å². The van der Waals surface area contributed by atoms with Crippen LogP contribution in [0.2, 0.25) is 0 Å². The minimum absolute atomic E-state index is 0.0323. The summed E-state index contributed by atoms with van der Waals surface area (Å²) in [6, 6.07) is 4.82. The highest BCUT2D eigenvalue weighted by atomic mass is 32.2. The van der Waals surface area contributed by atoms with Gasteiger partial charge < -0.3 is 0 Å². The lowest BCUT2D eigenvalue weighted by molar-refractivity contribution is -0.137. The molecule has 5 nitrogen and oxygen atoms in total. The SMILES string of the molecule is CC(C)[C@H]1C[C@@H]2C[C@](c3cc(F)ccc3F)(S(=O)(=O)c3ccc(C(F)(F)F)cc3)CC[C@@H]2NS1(=O)=O. The van der Waals surface area contributed by atoms with Gasteiger partial charge in [-0.1, -0.05) is 13.8 Å². The Hall–Kier alpha value is -2.05. The van der Waals surface area contributed by atoms with Gasteiger partial charge in [0.05, 0.1) is 15.7 Å². The van der Waals surface area contributed by atoms with E-state index in [4.69, 9.17) is 0 Å². The van der Waals surface area contributed by atoms with Gasteiger partial charge in [0.25, 0.3) is 0 Å². The lowest BCUT2D eigenvalue weighted by atomic mass is 9.72. The molecule has 1 saturated heterocycles. The first kappa shape index (κ1) is 27.0. The highest BCUT2D eigenvalue weighted by Crippen LogP contribution is 2.52. The van der Waals surface area contributed by atoms with Gasteiger partial charge in [-0.25, -0.2) is 30.3 Å². The molecule has 4 rings (SSSR count). The van der Waals surface area contributed by atoms with E-state index in [9.17, 15) is 34.4 Å². The van der Waals surface area contributed by atoms with Crippen LogP contribution in [-0.4, -0.2) is 28.1 Å². The van der Waals surface area contributed by atoms with E-state index in [0.29, 0.717) is 12.1 Å². The molecule has 0 spiro atoms. The number of halogens is 5. The minimum Gasteiger partial charge on any atom is -0.223 e. The van der Waals surface area contributed by atoms with E-state index in [0.717, 1.165) is 30.3 Å². The Morgan fingerprint density at radius 3 is 2.28 bits per heavy atom. The van der Waals surface area contributed by atoms with E-state index < -0.39 is 75.7 Å². The minimum atomic E-state index is -4.68. The third kappa shape index (κ3) is 4.56. The molecule has 2 fully saturated rings. The predicted octanol–water partition coefficient (Wildman–Crippen LogP) is 5.17. The van der Waals surface area contributed by atoms with Crippen molar-refractivity contribution in [2.75, 3.05) is 0 Å². The molecule has 36 heavy (non-hydrogen) atoms. The fourth-order valence-electron chi connectivity index (χ4n) is 5.58. The van der Waals surface area contributed by atoms with E-state index in [2.05, 4.69) is 4.72 Å². The monoisotopic (exact) mass is 551 g/mol. The van der Waals surface area contributed by atoms with Crippen LogP contribution in [0.25, 0.3) is 0 Å². The standard InChI is InChI=1S/C24H26F5NO4S2/c1-14(2)22-11-15-13-23(10-9-21(15)30-36(22,33)34,19-12-17(25)5-8-20(19)26)35(31,32)18-6-3-16(4-7-18)24(27,28)29/h3-8,12,14-15,21-22,30H,9-11,13H2,1-2H3/t15-,21+,22-,23-/m1/s1. The van der Waals surface area contributed by atoms with Gasteiger partial charge in [-0.2, -0.15) is 13.2 Å². The molecule has 4 atom stereocenters. The number of rotatable bonds is 4. The number of fused-ring (bicyclic) bond motifs is 1. The van der Waals surface area contributed by atoms with E-state index >= 15 is 4.39 Å². The molecule has 0 amide bonds. The first-order valence-electron chi connectivity index (χ1n) is 11.5. The third-order valence-electron chi connectivity index (χ3n) is 7.44. The molecule has 2 aliphatic rings. The van der Waals surface area contributed by atoms with Gasteiger partial charge in [0.1, 0.15) is 16.4 Å². The molecule has 2 aromatic rings. The zero-order valence-electron chi connectivity index (χ0n) is 19.5. The summed E-state index contributed by atoms with van der Waals surface area (Å²) >= 11 is 0. The second-order valence-corrected chi connectivity index (χ2v) is 14.1. The van der Waals surface area contributed by atoms with Crippen molar-refractivity contribution < 1.29 is 38.8 Å². The number of hydrogen-bond donors (Lipinski definition) is 1. The van der Waals surface area contributed by atoms with Gasteiger partial charge >= 0.3 is 6.18 Å². The van der Waals surface area contributed by atoms with Gasteiger partial charge in [0.2, 0.25) is 10.0 Å². The van der Waals surface area contributed by atoms with Crippen molar-refractivity contribution in [1.82, 2.24) is 4.72 Å². The number of benzene rings is 2. The Morgan fingerprint density at radius 1 is 1.06 bits per heavy atom. The molecule has 1 saturated carbocycles. The van der Waals surface area contributed by atoms with Crippen LogP contribution < -0.4 is 4.72 Å². The maximum Gasteiger partial charge on any atom is 0.416 e. The normalized spacial score (nSPS) is 28.6. The lowest BCUT2D eigenvalue weighted by Crippen LogP contribution is -2.58. The molecule has 0 unspecified atom stereocenters. The highest BCUT2D eigenvalue weighted by Gasteiger charge is 2.55. The van der Waals surface area contributed by atoms with Crippen molar-refractivity contribution in [3.05, 3.63) is 65.2 Å². The second kappa shape index (κ2) is 9.05. The number of sulfonamides is 1. The summed E-state index contributed by atoms with van der Waals surface area (Å²) in [5.41, 5.74) is -1.45. The van der Waals surface area contributed by atoms with E-state index in [-0.39, 0.29) is 31.6 Å². The summed E-state index contributed by atoms with van der Waals surface area (Å²) in [7, 11) is -8.20. The highest BCUT2D eigenvalue weighted by molar-refractivity contribution is 7.92. The van der Waals surface area contributed by atoms with Crippen molar-refractivity contribution in [2.45, 2.75) is 66.6 Å². The van der Waals surface area contributed by atoms with Crippen LogP contribution in [0.4, 0.5) is 22.0 Å². The summed E-state index contributed by atoms with van der Waals surface area (Å²) in [6.07, 6.45) is -4.98. The van der Waals surface area contributed by atoms with Crippen molar-refractivity contribution in [3.63, 3.8) is 0 Å². The van der Waals surface area contributed by atoms with Gasteiger partial charge in [0.15, 0.2) is 9.84 Å². The summed E-state index contributed by atoms with van der Waals surface area (Å²) in [6.45, 7) is 3.46. The average Bonchev–Trinajstić information content (AvgIpc) is 2.78. The van der Waals surface area contributed by atoms with Crippen LogP contribution >= 0.6 is 0 Å². The second-order valence-electron chi connectivity index (χ2n) is 9.93. The molecule has 0 bridgehead atoms. The van der Waals surface area contributed by atoms with Crippen molar-refractivity contribution in [3.8, 4) is 0 Å².